The number of fused-ring (bicyclic) bond motifs is 1. The zero-order valence-electron chi connectivity index (χ0n) is 17.7. The molecule has 2 aromatic heterocycles. The number of nitrogens with one attached hydrogen (secondary N) is 4. The van der Waals surface area contributed by atoms with Crippen LogP contribution in [-0.4, -0.2) is 21.0 Å². The number of rotatable bonds is 4. The Labute approximate surface area is 195 Å². The van der Waals surface area contributed by atoms with E-state index in [1.54, 1.807) is 32.0 Å². The van der Waals surface area contributed by atoms with Gasteiger partial charge in [-0.05, 0) is 55.3 Å². The molecule has 0 bridgehead atoms. The Bertz CT molecular complexity index is 1460. The normalized spacial score (nSPS) is 11.5. The van der Waals surface area contributed by atoms with Crippen molar-refractivity contribution in [2.45, 2.75) is 20.0 Å². The molecule has 0 radical (unpaired) electrons. The van der Waals surface area contributed by atoms with Crippen molar-refractivity contribution in [2.75, 3.05) is 10.6 Å². The monoisotopic (exact) mass is 491 g/mol. The third-order valence-electron chi connectivity index (χ3n) is 5.12. The minimum absolute atomic E-state index is 0.0641. The molecule has 4 rings (SSSR count). The van der Waals surface area contributed by atoms with E-state index in [2.05, 4.69) is 25.6 Å². The highest BCUT2D eigenvalue weighted by Gasteiger charge is 2.33. The second-order valence-corrected chi connectivity index (χ2v) is 7.75. The van der Waals surface area contributed by atoms with Crippen molar-refractivity contribution in [3.8, 4) is 11.5 Å². The molecule has 4 N–H and O–H groups in total. The molecule has 2 heterocycles. The van der Waals surface area contributed by atoms with E-state index in [-0.39, 0.29) is 5.69 Å². The molecule has 176 valence electrons. The van der Waals surface area contributed by atoms with Crippen molar-refractivity contribution >= 4 is 40.2 Å². The molecule has 0 saturated carbocycles. The van der Waals surface area contributed by atoms with Crippen LogP contribution in [0.3, 0.4) is 0 Å². The third-order valence-corrected chi connectivity index (χ3v) is 5.45. The molecule has 2 amide bonds. The summed E-state index contributed by atoms with van der Waals surface area (Å²) in [5.41, 5.74) is 1.04. The van der Waals surface area contributed by atoms with Crippen LogP contribution in [-0.2, 0) is 6.18 Å². The van der Waals surface area contributed by atoms with Crippen LogP contribution >= 0.6 is 11.6 Å². The van der Waals surface area contributed by atoms with E-state index in [1.165, 1.54) is 12.3 Å². The SMILES string of the molecule is Cc1c(NC(=O)Nc2ccc(Cl)c(C(F)(F)F)c2)ccc(Oc2ccnc3[nH]c(=O)[nH]c23)c1C. The second-order valence-electron chi connectivity index (χ2n) is 7.35. The van der Waals surface area contributed by atoms with Crippen molar-refractivity contribution in [3.05, 3.63) is 74.8 Å². The van der Waals surface area contributed by atoms with Gasteiger partial charge in [0, 0.05) is 23.6 Å². The molecule has 34 heavy (non-hydrogen) atoms. The number of nitrogens with zero attached hydrogens (tertiary/aromatic N) is 1. The Morgan fingerprint density at radius 2 is 1.79 bits per heavy atom. The number of aromatic nitrogens is 3. The number of ether oxygens (including phenoxy) is 1. The third kappa shape index (κ3) is 4.69. The van der Waals surface area contributed by atoms with Crippen molar-refractivity contribution in [3.63, 3.8) is 0 Å². The lowest BCUT2D eigenvalue weighted by molar-refractivity contribution is -0.137. The maximum absolute atomic E-state index is 13.0. The number of hydrogen-bond acceptors (Lipinski definition) is 4. The van der Waals surface area contributed by atoms with E-state index in [1.807, 2.05) is 0 Å². The fraction of sp³-hybridized carbons (Fsp3) is 0.136. The number of H-pyrrole nitrogens is 2. The molecule has 0 aliphatic carbocycles. The molecule has 0 atom stereocenters. The molecule has 0 unspecified atom stereocenters. The number of alkyl halides is 3. The van der Waals surface area contributed by atoms with Crippen LogP contribution in [0.5, 0.6) is 11.5 Å². The first-order chi connectivity index (χ1) is 16.0. The summed E-state index contributed by atoms with van der Waals surface area (Å²) in [5, 5.41) is 4.52. The van der Waals surface area contributed by atoms with Gasteiger partial charge >= 0.3 is 17.9 Å². The quantitative estimate of drug-likeness (QED) is 0.281. The lowest BCUT2D eigenvalue weighted by atomic mass is 10.1. The summed E-state index contributed by atoms with van der Waals surface area (Å²) >= 11 is 5.61. The Kier molecular flexibility index (Phi) is 5.96. The van der Waals surface area contributed by atoms with Gasteiger partial charge in [0.05, 0.1) is 10.6 Å². The van der Waals surface area contributed by atoms with Crippen LogP contribution in [0.25, 0.3) is 11.2 Å². The Hall–Kier alpha value is -3.99. The van der Waals surface area contributed by atoms with Gasteiger partial charge in [-0.15, -0.1) is 0 Å². The largest absolute Gasteiger partial charge is 0.455 e. The number of hydrogen-bond donors (Lipinski definition) is 4. The summed E-state index contributed by atoms with van der Waals surface area (Å²) in [5.74, 6) is 0.859. The molecule has 8 nitrogen and oxygen atoms in total. The lowest BCUT2D eigenvalue weighted by Gasteiger charge is -2.16. The summed E-state index contributed by atoms with van der Waals surface area (Å²) in [6.07, 6.45) is -3.16. The molecule has 2 aromatic carbocycles. The highest BCUT2D eigenvalue weighted by molar-refractivity contribution is 6.31. The number of pyridine rings is 1. The number of anilines is 2. The van der Waals surface area contributed by atoms with Gasteiger partial charge in [0.15, 0.2) is 11.4 Å². The van der Waals surface area contributed by atoms with Crippen LogP contribution in [0, 0.1) is 13.8 Å². The molecule has 4 aromatic rings. The van der Waals surface area contributed by atoms with Crippen molar-refractivity contribution < 1.29 is 22.7 Å². The van der Waals surface area contributed by atoms with Gasteiger partial charge in [-0.25, -0.2) is 14.6 Å². The highest BCUT2D eigenvalue weighted by Crippen LogP contribution is 2.36. The van der Waals surface area contributed by atoms with Crippen molar-refractivity contribution in [1.29, 1.82) is 0 Å². The molecule has 0 saturated heterocycles. The maximum atomic E-state index is 13.0. The van der Waals surface area contributed by atoms with Gasteiger partial charge in [-0.3, -0.25) is 4.98 Å². The number of halogens is 4. The van der Waals surface area contributed by atoms with E-state index in [0.29, 0.717) is 39.5 Å². The van der Waals surface area contributed by atoms with E-state index in [9.17, 15) is 22.8 Å². The van der Waals surface area contributed by atoms with Gasteiger partial charge in [0.1, 0.15) is 11.3 Å². The average Bonchev–Trinajstić information content (AvgIpc) is 3.15. The summed E-state index contributed by atoms with van der Waals surface area (Å²) in [4.78, 5) is 33.2. The van der Waals surface area contributed by atoms with Gasteiger partial charge in [0.2, 0.25) is 0 Å². The Morgan fingerprint density at radius 3 is 2.53 bits per heavy atom. The van der Waals surface area contributed by atoms with Crippen LogP contribution < -0.4 is 21.1 Å². The predicted octanol–water partition coefficient (Wildman–Crippen LogP) is 5.98. The number of carbonyl (C=O) groups excluding carboxylic acids is 1. The van der Waals surface area contributed by atoms with Gasteiger partial charge < -0.3 is 20.4 Å². The summed E-state index contributed by atoms with van der Waals surface area (Å²) in [6, 6.07) is 7.19. The fourth-order valence-electron chi connectivity index (χ4n) is 3.26. The number of imidazole rings is 1. The van der Waals surface area contributed by atoms with E-state index < -0.39 is 28.5 Å². The topological polar surface area (TPSA) is 112 Å². The number of benzene rings is 2. The minimum Gasteiger partial charge on any atom is -0.455 e. The molecule has 0 aliphatic heterocycles. The summed E-state index contributed by atoms with van der Waals surface area (Å²) in [7, 11) is 0. The molecule has 0 aliphatic rings. The van der Waals surface area contributed by atoms with E-state index in [0.717, 1.165) is 12.1 Å². The molecular weight excluding hydrogens is 475 g/mol. The average molecular weight is 492 g/mol. The van der Waals surface area contributed by atoms with E-state index >= 15 is 0 Å². The standard InChI is InChI=1S/C22H17ClF3N5O3/c1-10-11(2)16(34-17-7-8-27-19-18(17)30-21(33)31-19)6-5-15(10)29-20(32)28-12-3-4-14(23)13(9-12)22(24,25)26/h3-9H,1-2H3,(H2,28,29,32)(H2,27,30,31,33). The Morgan fingerprint density at radius 1 is 1.03 bits per heavy atom. The fourth-order valence-corrected chi connectivity index (χ4v) is 3.49. The number of urea groups is 1. The number of amides is 2. The second kappa shape index (κ2) is 8.75. The molecule has 0 spiro atoms. The van der Waals surface area contributed by atoms with Gasteiger partial charge in [-0.2, -0.15) is 13.2 Å². The predicted molar refractivity (Wildman–Crippen MR) is 122 cm³/mol. The maximum Gasteiger partial charge on any atom is 0.417 e. The van der Waals surface area contributed by atoms with Crippen LogP contribution in [0.2, 0.25) is 5.02 Å². The first kappa shape index (κ1) is 23.2. The van der Waals surface area contributed by atoms with Gasteiger partial charge in [-0.1, -0.05) is 11.6 Å². The van der Waals surface area contributed by atoms with Crippen molar-refractivity contribution in [2.24, 2.45) is 0 Å². The zero-order chi connectivity index (χ0) is 24.6. The Balaban J connectivity index is 1.52. The van der Waals surface area contributed by atoms with Crippen LogP contribution in [0.4, 0.5) is 29.3 Å². The summed E-state index contributed by atoms with van der Waals surface area (Å²) in [6.45, 7) is 3.53. The molecule has 0 fully saturated rings. The minimum atomic E-state index is -4.65. The van der Waals surface area contributed by atoms with Crippen LogP contribution in [0.15, 0.2) is 47.4 Å². The number of carbonyl (C=O) groups is 1. The first-order valence-electron chi connectivity index (χ1n) is 9.82. The lowest BCUT2D eigenvalue weighted by Crippen LogP contribution is -2.20. The zero-order valence-corrected chi connectivity index (χ0v) is 18.5. The summed E-state index contributed by atoms with van der Waals surface area (Å²) < 4.78 is 45.1. The first-order valence-corrected chi connectivity index (χ1v) is 10.2. The molecular formula is C22H17ClF3N5O3. The molecule has 12 heteroatoms. The van der Waals surface area contributed by atoms with Gasteiger partial charge in [0.25, 0.3) is 0 Å². The van der Waals surface area contributed by atoms with Crippen molar-refractivity contribution in [1.82, 2.24) is 15.0 Å². The highest BCUT2D eigenvalue weighted by atomic mass is 35.5. The van der Waals surface area contributed by atoms with Crippen LogP contribution in [0.1, 0.15) is 16.7 Å². The smallest absolute Gasteiger partial charge is 0.417 e. The number of aromatic amines is 2. The van der Waals surface area contributed by atoms with E-state index in [4.69, 9.17) is 16.3 Å².